The van der Waals surface area contributed by atoms with Crippen LogP contribution in [0.15, 0.2) is 60.7 Å². The van der Waals surface area contributed by atoms with Gasteiger partial charge in [-0.25, -0.2) is 4.68 Å². The summed E-state index contributed by atoms with van der Waals surface area (Å²) in [4.78, 5) is 14.9. The van der Waals surface area contributed by atoms with Crippen LogP contribution in [0.1, 0.15) is 39.6 Å². The van der Waals surface area contributed by atoms with Crippen LogP contribution in [0.2, 0.25) is 0 Å². The number of benzene rings is 2. The van der Waals surface area contributed by atoms with Gasteiger partial charge in [-0.05, 0) is 68.6 Å². The second-order valence-electron chi connectivity index (χ2n) is 7.84. The van der Waals surface area contributed by atoms with E-state index in [1.807, 2.05) is 48.9 Å². The fraction of sp³-hybridized carbons (Fsp3) is 0.333. The van der Waals surface area contributed by atoms with E-state index in [1.165, 1.54) is 12.0 Å². The number of aromatic nitrogens is 2. The van der Waals surface area contributed by atoms with Gasteiger partial charge in [0, 0.05) is 30.9 Å². The Hall–Kier alpha value is -2.92. The number of hydrogen-bond donors (Lipinski definition) is 1. The van der Waals surface area contributed by atoms with Gasteiger partial charge in [0.2, 0.25) is 0 Å². The molecule has 5 heteroatoms. The van der Waals surface area contributed by atoms with Gasteiger partial charge in [0.25, 0.3) is 5.91 Å². The number of amides is 1. The molecule has 1 unspecified atom stereocenters. The lowest BCUT2D eigenvalue weighted by molar-refractivity contribution is 0.0949. The van der Waals surface area contributed by atoms with Crippen molar-refractivity contribution in [2.45, 2.75) is 26.2 Å². The third-order valence-electron chi connectivity index (χ3n) is 5.64. The monoisotopic (exact) mass is 388 g/mol. The molecule has 1 aromatic heterocycles. The molecule has 4 rings (SSSR count). The van der Waals surface area contributed by atoms with Crippen molar-refractivity contribution >= 4 is 5.91 Å². The molecule has 29 heavy (non-hydrogen) atoms. The van der Waals surface area contributed by atoms with Gasteiger partial charge in [0.15, 0.2) is 0 Å². The molecule has 1 aliphatic heterocycles. The maximum Gasteiger partial charge on any atom is 0.251 e. The summed E-state index contributed by atoms with van der Waals surface area (Å²) < 4.78 is 1.90. The summed E-state index contributed by atoms with van der Waals surface area (Å²) in [5.74, 6) is 0.581. The van der Waals surface area contributed by atoms with Crippen LogP contribution in [0.25, 0.3) is 5.69 Å². The van der Waals surface area contributed by atoms with Crippen LogP contribution in [0.5, 0.6) is 0 Å². The molecule has 0 radical (unpaired) electrons. The smallest absolute Gasteiger partial charge is 0.251 e. The number of nitrogens with zero attached hydrogens (tertiary/aromatic N) is 3. The van der Waals surface area contributed by atoms with E-state index in [4.69, 9.17) is 0 Å². The Labute approximate surface area is 172 Å². The molecule has 1 aliphatic rings. The molecule has 0 spiro atoms. The molecular weight excluding hydrogens is 360 g/mol. The molecule has 0 saturated carbocycles. The fourth-order valence-electron chi connectivity index (χ4n) is 4.11. The van der Waals surface area contributed by atoms with Gasteiger partial charge >= 0.3 is 0 Å². The minimum Gasteiger partial charge on any atom is -0.351 e. The first-order chi connectivity index (χ1) is 14.1. The molecule has 0 bridgehead atoms. The predicted octanol–water partition coefficient (Wildman–Crippen LogP) is 3.71. The van der Waals surface area contributed by atoms with Gasteiger partial charge in [0.05, 0.1) is 11.4 Å². The van der Waals surface area contributed by atoms with Crippen LogP contribution in [-0.2, 0) is 0 Å². The van der Waals surface area contributed by atoms with Crippen molar-refractivity contribution in [1.29, 1.82) is 0 Å². The largest absolute Gasteiger partial charge is 0.351 e. The summed E-state index contributed by atoms with van der Waals surface area (Å²) in [6.07, 6.45) is 1.19. The lowest BCUT2D eigenvalue weighted by Crippen LogP contribution is -2.33. The molecule has 150 valence electrons. The molecule has 1 fully saturated rings. The molecule has 2 aromatic carbocycles. The highest BCUT2D eigenvalue weighted by atomic mass is 16.1. The Bertz CT molecular complexity index is 962. The molecule has 1 atom stereocenters. The van der Waals surface area contributed by atoms with E-state index in [9.17, 15) is 4.79 Å². The van der Waals surface area contributed by atoms with Gasteiger partial charge in [0.1, 0.15) is 0 Å². The van der Waals surface area contributed by atoms with Crippen LogP contribution in [0.3, 0.4) is 0 Å². The first-order valence-electron chi connectivity index (χ1n) is 10.3. The van der Waals surface area contributed by atoms with Crippen LogP contribution in [0.4, 0.5) is 0 Å². The van der Waals surface area contributed by atoms with Gasteiger partial charge in [-0.2, -0.15) is 5.10 Å². The van der Waals surface area contributed by atoms with Crippen LogP contribution >= 0.6 is 0 Å². The van der Waals surface area contributed by atoms with Gasteiger partial charge in [-0.1, -0.05) is 30.3 Å². The van der Waals surface area contributed by atoms with Crippen molar-refractivity contribution in [2.75, 3.05) is 26.2 Å². The van der Waals surface area contributed by atoms with Crippen molar-refractivity contribution in [3.8, 4) is 5.69 Å². The second kappa shape index (κ2) is 8.62. The first kappa shape index (κ1) is 19.4. The summed E-state index contributed by atoms with van der Waals surface area (Å²) in [5.41, 5.74) is 5.14. The van der Waals surface area contributed by atoms with Crippen LogP contribution in [-0.4, -0.2) is 46.8 Å². The number of rotatable bonds is 6. The molecule has 3 aromatic rings. The van der Waals surface area contributed by atoms with E-state index >= 15 is 0 Å². The lowest BCUT2D eigenvalue weighted by Gasteiger charge is -2.16. The normalized spacial score (nSPS) is 16.8. The van der Waals surface area contributed by atoms with Gasteiger partial charge in [-0.3, -0.25) is 4.79 Å². The maximum atomic E-state index is 12.5. The van der Waals surface area contributed by atoms with Crippen LogP contribution < -0.4 is 5.32 Å². The Morgan fingerprint density at radius 2 is 1.86 bits per heavy atom. The standard InChI is InChI=1S/C24H28N4O/c1-18-16-19(2)28(26-18)23-10-8-21(9-11-23)24(29)25-13-15-27-14-12-22(17-27)20-6-4-3-5-7-20/h3-11,16,22H,12-15,17H2,1-2H3,(H,25,29). The Kier molecular flexibility index (Phi) is 5.76. The van der Waals surface area contributed by atoms with Crippen molar-refractivity contribution in [3.63, 3.8) is 0 Å². The molecule has 5 nitrogen and oxygen atoms in total. The maximum absolute atomic E-state index is 12.5. The van der Waals surface area contributed by atoms with E-state index in [2.05, 4.69) is 45.6 Å². The third-order valence-corrected chi connectivity index (χ3v) is 5.64. The summed E-state index contributed by atoms with van der Waals surface area (Å²) in [6.45, 7) is 7.72. The van der Waals surface area contributed by atoms with E-state index in [0.29, 0.717) is 18.0 Å². The number of hydrogen-bond acceptors (Lipinski definition) is 3. The SMILES string of the molecule is Cc1cc(C)n(-c2ccc(C(=O)NCCN3CCC(c4ccccc4)C3)cc2)n1. The number of aryl methyl sites for hydroxylation is 2. The van der Waals surface area contributed by atoms with Crippen molar-refractivity contribution < 1.29 is 4.79 Å². The molecular formula is C24H28N4O. The average molecular weight is 389 g/mol. The Balaban J connectivity index is 1.26. The second-order valence-corrected chi connectivity index (χ2v) is 7.84. The molecule has 2 heterocycles. The van der Waals surface area contributed by atoms with E-state index in [0.717, 1.165) is 36.7 Å². The zero-order valence-corrected chi connectivity index (χ0v) is 17.1. The number of nitrogens with one attached hydrogen (secondary N) is 1. The Morgan fingerprint density at radius 1 is 1.10 bits per heavy atom. The number of carbonyl (C=O) groups excluding carboxylic acids is 1. The molecule has 1 amide bonds. The highest BCUT2D eigenvalue weighted by molar-refractivity contribution is 5.94. The molecule has 0 aliphatic carbocycles. The van der Waals surface area contributed by atoms with Gasteiger partial charge < -0.3 is 10.2 Å². The summed E-state index contributed by atoms with van der Waals surface area (Å²) >= 11 is 0. The zero-order chi connectivity index (χ0) is 20.2. The zero-order valence-electron chi connectivity index (χ0n) is 17.1. The highest BCUT2D eigenvalue weighted by Crippen LogP contribution is 2.26. The number of carbonyl (C=O) groups is 1. The van der Waals surface area contributed by atoms with E-state index in [1.54, 1.807) is 0 Å². The predicted molar refractivity (Wildman–Crippen MR) is 116 cm³/mol. The van der Waals surface area contributed by atoms with Crippen LogP contribution in [0, 0.1) is 13.8 Å². The minimum atomic E-state index is -0.0243. The Morgan fingerprint density at radius 3 is 2.55 bits per heavy atom. The van der Waals surface area contributed by atoms with Crippen molar-refractivity contribution in [3.05, 3.63) is 83.2 Å². The average Bonchev–Trinajstić information content (AvgIpc) is 3.35. The molecule has 1 N–H and O–H groups in total. The summed E-state index contributed by atoms with van der Waals surface area (Å²) in [5, 5.41) is 7.54. The summed E-state index contributed by atoms with van der Waals surface area (Å²) in [7, 11) is 0. The van der Waals surface area contributed by atoms with E-state index < -0.39 is 0 Å². The molecule has 1 saturated heterocycles. The van der Waals surface area contributed by atoms with E-state index in [-0.39, 0.29) is 5.91 Å². The van der Waals surface area contributed by atoms with Crippen molar-refractivity contribution in [2.24, 2.45) is 0 Å². The summed E-state index contributed by atoms with van der Waals surface area (Å²) in [6, 6.07) is 20.4. The topological polar surface area (TPSA) is 50.2 Å². The van der Waals surface area contributed by atoms with Crippen molar-refractivity contribution in [1.82, 2.24) is 20.0 Å². The quantitative estimate of drug-likeness (QED) is 0.700. The fourth-order valence-corrected chi connectivity index (χ4v) is 4.11. The highest BCUT2D eigenvalue weighted by Gasteiger charge is 2.23. The third kappa shape index (κ3) is 4.57. The first-order valence-corrected chi connectivity index (χ1v) is 10.3. The lowest BCUT2D eigenvalue weighted by atomic mass is 9.99. The van der Waals surface area contributed by atoms with Gasteiger partial charge in [-0.15, -0.1) is 0 Å². The minimum absolute atomic E-state index is 0.0243. The number of likely N-dealkylation sites (tertiary alicyclic amines) is 1.